The Hall–Kier alpha value is -2.96. The number of carbonyl (C=O) groups is 1. The number of rotatable bonds is 6. The minimum absolute atomic E-state index is 0.0894. The topological polar surface area (TPSA) is 59.8 Å². The molecule has 0 atom stereocenters. The number of anilines is 1. The van der Waals surface area contributed by atoms with Gasteiger partial charge in [-0.2, -0.15) is 5.10 Å². The molecule has 0 fully saturated rings. The summed E-state index contributed by atoms with van der Waals surface area (Å²) < 4.78 is 1.85. The Kier molecular flexibility index (Phi) is 6.20. The van der Waals surface area contributed by atoms with Gasteiger partial charge in [-0.1, -0.05) is 47.5 Å². The number of nitrogens with zero attached hydrogens (tertiary/aromatic N) is 3. The molecule has 0 aliphatic rings. The van der Waals surface area contributed by atoms with E-state index < -0.39 is 0 Å². The van der Waals surface area contributed by atoms with Gasteiger partial charge >= 0.3 is 0 Å². The number of benzene rings is 2. The lowest BCUT2D eigenvalue weighted by Gasteiger charge is -2.05. The highest BCUT2D eigenvalue weighted by Crippen LogP contribution is 2.26. The molecule has 0 spiro atoms. The van der Waals surface area contributed by atoms with Crippen LogP contribution in [0.15, 0.2) is 53.9 Å². The molecule has 0 unspecified atom stereocenters. The van der Waals surface area contributed by atoms with Crippen molar-refractivity contribution in [3.05, 3.63) is 92.7 Å². The fraction of sp³-hybridized carbons (Fsp3) is 0.208. The smallest absolute Gasteiger partial charge is 0.230 e. The quantitative estimate of drug-likeness (QED) is 0.411. The van der Waals surface area contributed by atoms with Gasteiger partial charge < -0.3 is 5.32 Å². The molecular formula is C24H23ClN4OS. The van der Waals surface area contributed by atoms with Gasteiger partial charge in [-0.15, -0.1) is 11.3 Å². The van der Waals surface area contributed by atoms with Crippen LogP contribution in [0.1, 0.15) is 33.8 Å². The molecule has 4 aromatic rings. The highest BCUT2D eigenvalue weighted by Gasteiger charge is 2.17. The highest BCUT2D eigenvalue weighted by atomic mass is 35.5. The summed E-state index contributed by atoms with van der Waals surface area (Å²) in [5.74, 6) is -0.0894. The fourth-order valence-corrected chi connectivity index (χ4v) is 4.46. The second kappa shape index (κ2) is 9.04. The first-order valence-electron chi connectivity index (χ1n) is 10.0. The average Bonchev–Trinajstić information content (AvgIpc) is 3.30. The van der Waals surface area contributed by atoms with Crippen molar-refractivity contribution in [3.63, 3.8) is 0 Å². The van der Waals surface area contributed by atoms with Crippen LogP contribution in [0.4, 0.5) is 5.69 Å². The molecule has 0 aliphatic heterocycles. The van der Waals surface area contributed by atoms with Crippen LogP contribution < -0.4 is 5.32 Å². The molecule has 2 aromatic heterocycles. The zero-order valence-corrected chi connectivity index (χ0v) is 19.2. The van der Waals surface area contributed by atoms with Gasteiger partial charge in [0.15, 0.2) is 0 Å². The number of carbonyl (C=O) groups excluding carboxylic acids is 1. The summed E-state index contributed by atoms with van der Waals surface area (Å²) in [6, 6.07) is 15.6. The molecule has 5 nitrogen and oxygen atoms in total. The van der Waals surface area contributed by atoms with E-state index in [4.69, 9.17) is 16.7 Å². The maximum Gasteiger partial charge on any atom is 0.230 e. The molecule has 2 heterocycles. The number of amides is 1. The number of halogens is 1. The van der Waals surface area contributed by atoms with Crippen LogP contribution >= 0.6 is 22.9 Å². The Labute approximate surface area is 190 Å². The van der Waals surface area contributed by atoms with Crippen molar-refractivity contribution < 1.29 is 4.79 Å². The second-order valence-electron chi connectivity index (χ2n) is 7.54. The number of hydrogen-bond donors (Lipinski definition) is 1. The summed E-state index contributed by atoms with van der Waals surface area (Å²) in [6.45, 7) is 6.05. The standard InChI is InChI=1S/C24H23ClN4OS/c1-15-8-10-19(11-9-15)26-23(30)13-20-14-31-24(27-20)29-17(3)21(16(2)28-29)12-18-6-4-5-7-22(18)25/h4-11,14H,12-13H2,1-3H3,(H,26,30). The summed E-state index contributed by atoms with van der Waals surface area (Å²) in [5, 5.41) is 11.0. The molecule has 31 heavy (non-hydrogen) atoms. The van der Waals surface area contributed by atoms with E-state index in [1.165, 1.54) is 11.3 Å². The van der Waals surface area contributed by atoms with Crippen LogP contribution in [0.3, 0.4) is 0 Å². The maximum absolute atomic E-state index is 12.4. The van der Waals surface area contributed by atoms with Crippen LogP contribution in [-0.2, 0) is 17.6 Å². The van der Waals surface area contributed by atoms with E-state index in [1.807, 2.05) is 79.4 Å². The summed E-state index contributed by atoms with van der Waals surface area (Å²) in [7, 11) is 0. The maximum atomic E-state index is 12.4. The van der Waals surface area contributed by atoms with Gasteiger partial charge in [0.05, 0.1) is 17.8 Å². The van der Waals surface area contributed by atoms with Gasteiger partial charge in [-0.05, 0) is 44.5 Å². The molecule has 0 aliphatic carbocycles. The fourth-order valence-electron chi connectivity index (χ4n) is 3.43. The van der Waals surface area contributed by atoms with Crippen molar-refractivity contribution in [2.75, 3.05) is 5.32 Å². The number of hydrogen-bond acceptors (Lipinski definition) is 4. The minimum atomic E-state index is -0.0894. The summed E-state index contributed by atoms with van der Waals surface area (Å²) in [5.41, 5.74) is 6.86. The second-order valence-corrected chi connectivity index (χ2v) is 8.79. The molecule has 158 valence electrons. The van der Waals surface area contributed by atoms with Crippen molar-refractivity contribution in [2.24, 2.45) is 0 Å². The van der Waals surface area contributed by atoms with Crippen molar-refractivity contribution in [1.29, 1.82) is 0 Å². The highest BCUT2D eigenvalue weighted by molar-refractivity contribution is 7.12. The van der Waals surface area contributed by atoms with E-state index in [2.05, 4.69) is 10.3 Å². The Morgan fingerprint density at radius 2 is 1.84 bits per heavy atom. The summed E-state index contributed by atoms with van der Waals surface area (Å²) in [4.78, 5) is 17.0. The third-order valence-electron chi connectivity index (χ3n) is 5.16. The summed E-state index contributed by atoms with van der Waals surface area (Å²) in [6.07, 6.45) is 0.935. The van der Waals surface area contributed by atoms with E-state index in [-0.39, 0.29) is 12.3 Å². The normalized spacial score (nSPS) is 11.0. The predicted molar refractivity (Wildman–Crippen MR) is 126 cm³/mol. The largest absolute Gasteiger partial charge is 0.326 e. The van der Waals surface area contributed by atoms with E-state index in [9.17, 15) is 4.79 Å². The number of aryl methyl sites for hydroxylation is 2. The molecule has 0 bridgehead atoms. The van der Waals surface area contributed by atoms with Gasteiger partial charge in [0.2, 0.25) is 11.0 Å². The lowest BCUT2D eigenvalue weighted by atomic mass is 10.0. The van der Waals surface area contributed by atoms with Gasteiger partial charge in [0.25, 0.3) is 0 Å². The molecule has 0 saturated heterocycles. The molecule has 7 heteroatoms. The first kappa shape index (κ1) is 21.3. The molecule has 0 saturated carbocycles. The van der Waals surface area contributed by atoms with Gasteiger partial charge in [-0.3, -0.25) is 4.79 Å². The van der Waals surface area contributed by atoms with E-state index >= 15 is 0 Å². The Morgan fingerprint density at radius 1 is 1.10 bits per heavy atom. The van der Waals surface area contributed by atoms with Crippen LogP contribution in [0.5, 0.6) is 0 Å². The van der Waals surface area contributed by atoms with Gasteiger partial charge in [0, 0.05) is 33.8 Å². The molecule has 1 N–H and O–H groups in total. The number of aromatic nitrogens is 3. The Bertz CT molecular complexity index is 1230. The van der Waals surface area contributed by atoms with Crippen molar-refractivity contribution >= 4 is 34.5 Å². The average molecular weight is 451 g/mol. The first-order valence-corrected chi connectivity index (χ1v) is 11.3. The van der Waals surface area contributed by atoms with Crippen molar-refractivity contribution in [3.8, 4) is 5.13 Å². The first-order chi connectivity index (χ1) is 14.9. The molecule has 0 radical (unpaired) electrons. The number of nitrogens with one attached hydrogen (secondary N) is 1. The third kappa shape index (κ3) is 4.86. The SMILES string of the molecule is Cc1ccc(NC(=O)Cc2csc(-n3nc(C)c(Cc4ccccc4Cl)c3C)n2)cc1. The van der Waals surface area contributed by atoms with Gasteiger partial charge in [-0.25, -0.2) is 9.67 Å². The van der Waals surface area contributed by atoms with Crippen molar-refractivity contribution in [2.45, 2.75) is 33.6 Å². The minimum Gasteiger partial charge on any atom is -0.326 e. The predicted octanol–water partition coefficient (Wildman–Crippen LogP) is 5.68. The van der Waals surface area contributed by atoms with E-state index in [1.54, 1.807) is 0 Å². The van der Waals surface area contributed by atoms with Gasteiger partial charge in [0.1, 0.15) is 0 Å². The molecule has 1 amide bonds. The summed E-state index contributed by atoms with van der Waals surface area (Å²) >= 11 is 7.83. The van der Waals surface area contributed by atoms with Crippen molar-refractivity contribution in [1.82, 2.24) is 14.8 Å². The van der Waals surface area contributed by atoms with E-state index in [0.717, 1.165) is 49.6 Å². The monoisotopic (exact) mass is 450 g/mol. The zero-order chi connectivity index (χ0) is 22.0. The Morgan fingerprint density at radius 3 is 2.58 bits per heavy atom. The van der Waals surface area contributed by atoms with E-state index in [0.29, 0.717) is 6.42 Å². The molecule has 4 rings (SSSR count). The molecular weight excluding hydrogens is 428 g/mol. The molecule has 2 aromatic carbocycles. The van der Waals surface area contributed by atoms with Crippen LogP contribution in [0, 0.1) is 20.8 Å². The number of thiazole rings is 1. The Balaban J connectivity index is 1.49. The third-order valence-corrected chi connectivity index (χ3v) is 6.40. The lowest BCUT2D eigenvalue weighted by molar-refractivity contribution is -0.115. The van der Waals surface area contributed by atoms with Crippen LogP contribution in [0.25, 0.3) is 5.13 Å². The zero-order valence-electron chi connectivity index (χ0n) is 17.6. The lowest BCUT2D eigenvalue weighted by Crippen LogP contribution is -2.14. The van der Waals surface area contributed by atoms with Crippen LogP contribution in [-0.4, -0.2) is 20.7 Å². The van der Waals surface area contributed by atoms with Crippen LogP contribution in [0.2, 0.25) is 5.02 Å².